The van der Waals surface area contributed by atoms with Crippen molar-refractivity contribution < 1.29 is 13.2 Å². The van der Waals surface area contributed by atoms with Gasteiger partial charge in [0.05, 0.1) is 9.92 Å². The summed E-state index contributed by atoms with van der Waals surface area (Å²) in [6.07, 6.45) is 0. The van der Waals surface area contributed by atoms with Crippen LogP contribution in [0, 0.1) is 6.92 Å². The van der Waals surface area contributed by atoms with Crippen LogP contribution in [0.5, 0.6) is 0 Å². The number of nitrogens with one attached hydrogen (secondary N) is 2. The van der Waals surface area contributed by atoms with Crippen LogP contribution in [0.1, 0.15) is 16.1 Å². The third-order valence-electron chi connectivity index (χ3n) is 2.72. The zero-order chi connectivity index (χ0) is 15.8. The smallest absolute Gasteiger partial charge is 0.272 e. The number of nitrogens with two attached hydrogens (primary N) is 1. The predicted molar refractivity (Wildman–Crippen MR) is 81.3 cm³/mol. The molecule has 0 fully saturated rings. The molecule has 0 aliphatic carbocycles. The highest BCUT2D eigenvalue weighted by atomic mass is 35.5. The number of aryl methyl sites for hydroxylation is 1. The van der Waals surface area contributed by atoms with Crippen LogP contribution in [0.3, 0.4) is 0 Å². The molecule has 0 bridgehead atoms. The summed E-state index contributed by atoms with van der Waals surface area (Å²) in [7, 11) is -3.86. The average molecular weight is 348 g/mol. The van der Waals surface area contributed by atoms with E-state index in [2.05, 4.69) is 10.3 Å². The Morgan fingerprint density at radius 1 is 1.29 bits per heavy atom. The Bertz CT molecular complexity index is 796. The van der Waals surface area contributed by atoms with Crippen molar-refractivity contribution >= 4 is 44.8 Å². The van der Waals surface area contributed by atoms with Crippen LogP contribution in [-0.2, 0) is 10.0 Å². The summed E-state index contributed by atoms with van der Waals surface area (Å²) in [6.45, 7) is 1.61. The van der Waals surface area contributed by atoms with Crippen LogP contribution in [0.2, 0.25) is 10.2 Å². The van der Waals surface area contributed by atoms with Crippen molar-refractivity contribution in [1.29, 1.82) is 0 Å². The molecule has 2 aromatic rings. The Balaban J connectivity index is 2.30. The van der Waals surface area contributed by atoms with Crippen molar-refractivity contribution in [2.45, 2.75) is 11.8 Å². The van der Waals surface area contributed by atoms with E-state index in [1.54, 1.807) is 19.1 Å². The molecule has 0 aliphatic rings. The van der Waals surface area contributed by atoms with Gasteiger partial charge in [0.15, 0.2) is 0 Å². The van der Waals surface area contributed by atoms with E-state index in [4.69, 9.17) is 28.3 Å². The lowest BCUT2D eigenvalue weighted by molar-refractivity contribution is 0.102. The molecule has 9 heteroatoms. The number of primary sulfonamides is 1. The van der Waals surface area contributed by atoms with Gasteiger partial charge < -0.3 is 10.3 Å². The van der Waals surface area contributed by atoms with Crippen molar-refractivity contribution in [2.24, 2.45) is 5.14 Å². The number of hydrogen-bond donors (Lipinski definition) is 3. The summed E-state index contributed by atoms with van der Waals surface area (Å²) >= 11 is 11.5. The summed E-state index contributed by atoms with van der Waals surface area (Å²) < 4.78 is 22.9. The van der Waals surface area contributed by atoms with Crippen LogP contribution >= 0.6 is 23.2 Å². The second kappa shape index (κ2) is 5.69. The molecule has 6 nitrogen and oxygen atoms in total. The lowest BCUT2D eigenvalue weighted by Gasteiger charge is -2.08. The van der Waals surface area contributed by atoms with Crippen molar-refractivity contribution in [1.82, 2.24) is 4.98 Å². The first-order chi connectivity index (χ1) is 9.68. The summed E-state index contributed by atoms with van der Waals surface area (Å²) in [4.78, 5) is 14.5. The monoisotopic (exact) mass is 347 g/mol. The Kier molecular flexibility index (Phi) is 4.29. The number of hydrogen-bond acceptors (Lipinski definition) is 3. The Morgan fingerprint density at radius 3 is 2.48 bits per heavy atom. The minimum absolute atomic E-state index is 0.0529. The van der Waals surface area contributed by atoms with Gasteiger partial charge in [0.2, 0.25) is 10.0 Å². The van der Waals surface area contributed by atoms with Gasteiger partial charge in [-0.3, -0.25) is 4.79 Å². The third-order valence-corrected chi connectivity index (χ3v) is 4.47. The Labute approximate surface area is 131 Å². The molecule has 1 heterocycles. The fourth-order valence-corrected chi connectivity index (χ4v) is 2.83. The molecule has 112 valence electrons. The van der Waals surface area contributed by atoms with E-state index >= 15 is 0 Å². The number of aromatic amines is 1. The number of anilines is 1. The molecule has 0 unspecified atom stereocenters. The number of carbonyl (C=O) groups excluding carboxylic acids is 1. The number of H-pyrrole nitrogens is 1. The standard InChI is InChI=1S/C12H11Cl2N3O3S/c1-6-2-3-7(4-10(6)21(15,19)20)16-12(18)9-5-8(13)11(14)17-9/h2-5,17H,1H3,(H,16,18)(H2,15,19,20). The van der Waals surface area contributed by atoms with Crippen molar-refractivity contribution in [3.05, 3.63) is 45.7 Å². The van der Waals surface area contributed by atoms with Crippen LogP contribution < -0.4 is 10.5 Å². The van der Waals surface area contributed by atoms with E-state index in [1.807, 2.05) is 0 Å². The normalized spacial score (nSPS) is 11.4. The summed E-state index contributed by atoms with van der Waals surface area (Å²) in [5, 5.41) is 8.01. The van der Waals surface area contributed by atoms with Crippen LogP contribution in [0.15, 0.2) is 29.2 Å². The van der Waals surface area contributed by atoms with E-state index in [9.17, 15) is 13.2 Å². The maximum Gasteiger partial charge on any atom is 0.272 e. The van der Waals surface area contributed by atoms with E-state index in [1.165, 1.54) is 12.1 Å². The highest BCUT2D eigenvalue weighted by Crippen LogP contribution is 2.23. The topological polar surface area (TPSA) is 105 Å². The van der Waals surface area contributed by atoms with Gasteiger partial charge in [0, 0.05) is 5.69 Å². The number of carbonyl (C=O) groups is 1. The quantitative estimate of drug-likeness (QED) is 0.794. The predicted octanol–water partition coefficient (Wildman–Crippen LogP) is 2.53. The lowest BCUT2D eigenvalue weighted by atomic mass is 10.2. The largest absolute Gasteiger partial charge is 0.340 e. The highest BCUT2D eigenvalue weighted by molar-refractivity contribution is 7.89. The number of benzene rings is 1. The Morgan fingerprint density at radius 2 is 1.95 bits per heavy atom. The second-order valence-electron chi connectivity index (χ2n) is 4.32. The van der Waals surface area contributed by atoms with Crippen LogP contribution in [0.4, 0.5) is 5.69 Å². The number of amides is 1. The van der Waals surface area contributed by atoms with Gasteiger partial charge in [-0.2, -0.15) is 0 Å². The maximum atomic E-state index is 12.0. The molecule has 21 heavy (non-hydrogen) atoms. The van der Waals surface area contributed by atoms with Crippen molar-refractivity contribution in [2.75, 3.05) is 5.32 Å². The maximum absolute atomic E-state index is 12.0. The molecule has 0 saturated heterocycles. The summed E-state index contributed by atoms with van der Waals surface area (Å²) in [6, 6.07) is 5.76. The van der Waals surface area contributed by atoms with Gasteiger partial charge in [-0.1, -0.05) is 29.3 Å². The van der Waals surface area contributed by atoms with Crippen molar-refractivity contribution in [3.8, 4) is 0 Å². The van der Waals surface area contributed by atoms with Gasteiger partial charge in [-0.15, -0.1) is 0 Å². The minimum Gasteiger partial charge on any atom is -0.340 e. The van der Waals surface area contributed by atoms with E-state index in [0.717, 1.165) is 0 Å². The zero-order valence-corrected chi connectivity index (χ0v) is 13.1. The molecule has 1 aromatic carbocycles. The summed E-state index contributed by atoms with van der Waals surface area (Å²) in [5.41, 5.74) is 0.931. The fourth-order valence-electron chi connectivity index (χ4n) is 1.71. The molecule has 2 rings (SSSR count). The first-order valence-electron chi connectivity index (χ1n) is 5.67. The van der Waals surface area contributed by atoms with Gasteiger partial charge in [0.25, 0.3) is 5.91 Å². The van der Waals surface area contributed by atoms with E-state index < -0.39 is 15.9 Å². The Hall–Kier alpha value is -1.54. The van der Waals surface area contributed by atoms with Crippen LogP contribution in [0.25, 0.3) is 0 Å². The lowest BCUT2D eigenvalue weighted by Crippen LogP contribution is -2.16. The summed E-state index contributed by atoms with van der Waals surface area (Å²) in [5.74, 6) is -0.506. The first kappa shape index (κ1) is 15.8. The van der Waals surface area contributed by atoms with Gasteiger partial charge >= 0.3 is 0 Å². The first-order valence-corrected chi connectivity index (χ1v) is 7.97. The molecule has 0 radical (unpaired) electrons. The SMILES string of the molecule is Cc1ccc(NC(=O)c2cc(Cl)c(Cl)[nH]2)cc1S(N)(=O)=O. The van der Waals surface area contributed by atoms with E-state index in [-0.39, 0.29) is 26.5 Å². The number of sulfonamides is 1. The minimum atomic E-state index is -3.86. The molecule has 0 aliphatic heterocycles. The molecule has 0 saturated carbocycles. The number of aromatic nitrogens is 1. The van der Waals surface area contributed by atoms with Gasteiger partial charge in [0.1, 0.15) is 10.8 Å². The molecule has 1 amide bonds. The zero-order valence-electron chi connectivity index (χ0n) is 10.8. The van der Waals surface area contributed by atoms with Crippen LogP contribution in [-0.4, -0.2) is 19.3 Å². The molecule has 0 spiro atoms. The number of halogens is 2. The third kappa shape index (κ3) is 3.56. The molecule has 1 aromatic heterocycles. The van der Waals surface area contributed by atoms with Crippen molar-refractivity contribution in [3.63, 3.8) is 0 Å². The van der Waals surface area contributed by atoms with Gasteiger partial charge in [-0.05, 0) is 30.7 Å². The average Bonchev–Trinajstić information content (AvgIpc) is 2.71. The molecule has 4 N–H and O–H groups in total. The molecule has 0 atom stereocenters. The molecular weight excluding hydrogens is 337 g/mol. The van der Waals surface area contributed by atoms with E-state index in [0.29, 0.717) is 5.56 Å². The fraction of sp³-hybridized carbons (Fsp3) is 0.0833. The molecular formula is C12H11Cl2N3O3S. The highest BCUT2D eigenvalue weighted by Gasteiger charge is 2.15. The van der Waals surface area contributed by atoms with Gasteiger partial charge in [-0.25, -0.2) is 13.6 Å². The second-order valence-corrected chi connectivity index (χ2v) is 6.64. The number of rotatable bonds is 3.